The van der Waals surface area contributed by atoms with E-state index in [0.717, 1.165) is 24.6 Å². The number of hydrogen-bond donors (Lipinski definition) is 1. The van der Waals surface area contributed by atoms with E-state index < -0.39 is 17.7 Å². The van der Waals surface area contributed by atoms with Crippen LogP contribution in [0.1, 0.15) is 30.6 Å². The van der Waals surface area contributed by atoms with Crippen molar-refractivity contribution in [2.24, 2.45) is 5.73 Å². The monoisotopic (exact) mass is 251 g/mol. The Kier molecular flexibility index (Phi) is 3.72. The molecule has 3 nitrogen and oxygen atoms in total. The summed E-state index contributed by atoms with van der Waals surface area (Å²) in [6.45, 7) is 2.72. The van der Waals surface area contributed by atoms with Crippen molar-refractivity contribution in [3.63, 3.8) is 0 Å². The molecule has 2 aromatic rings. The molecule has 1 aromatic heterocycles. The maximum absolute atomic E-state index is 13.7. The van der Waals surface area contributed by atoms with Crippen LogP contribution >= 0.6 is 0 Å². The second-order valence-electron chi connectivity index (χ2n) is 4.12. The Labute approximate surface area is 104 Å². The van der Waals surface area contributed by atoms with Gasteiger partial charge in [-0.2, -0.15) is 5.10 Å². The number of aryl methyl sites for hydroxylation is 1. The Hall–Kier alpha value is -1.75. The zero-order chi connectivity index (χ0) is 13.1. The van der Waals surface area contributed by atoms with Crippen LogP contribution in [-0.4, -0.2) is 9.78 Å². The molecule has 0 saturated heterocycles. The molecule has 0 radical (unpaired) electrons. The van der Waals surface area contributed by atoms with Gasteiger partial charge in [0.1, 0.15) is 11.6 Å². The molecule has 0 fully saturated rings. The first-order valence-electron chi connectivity index (χ1n) is 5.85. The number of rotatable bonds is 4. The molecule has 1 unspecified atom stereocenters. The first kappa shape index (κ1) is 12.7. The van der Waals surface area contributed by atoms with Gasteiger partial charge in [-0.25, -0.2) is 8.78 Å². The number of nitrogens with zero attached hydrogens (tertiary/aromatic N) is 2. The third-order valence-corrected chi connectivity index (χ3v) is 2.80. The zero-order valence-corrected chi connectivity index (χ0v) is 10.1. The van der Waals surface area contributed by atoms with Crippen LogP contribution in [0.3, 0.4) is 0 Å². The Morgan fingerprint density at radius 1 is 1.33 bits per heavy atom. The van der Waals surface area contributed by atoms with Gasteiger partial charge in [-0.15, -0.1) is 0 Å². The first-order valence-corrected chi connectivity index (χ1v) is 5.85. The molecule has 1 aromatic carbocycles. The van der Waals surface area contributed by atoms with Crippen LogP contribution in [0.4, 0.5) is 8.78 Å². The molecule has 0 saturated carbocycles. The van der Waals surface area contributed by atoms with Crippen LogP contribution in [0.25, 0.3) is 0 Å². The van der Waals surface area contributed by atoms with E-state index in [4.69, 9.17) is 5.73 Å². The van der Waals surface area contributed by atoms with Crippen LogP contribution < -0.4 is 5.73 Å². The highest BCUT2D eigenvalue weighted by molar-refractivity contribution is 5.29. The number of hydrogen-bond acceptors (Lipinski definition) is 2. The van der Waals surface area contributed by atoms with Gasteiger partial charge >= 0.3 is 0 Å². The molecule has 1 heterocycles. The maximum Gasteiger partial charge on any atom is 0.128 e. The molecule has 5 heteroatoms. The van der Waals surface area contributed by atoms with Crippen molar-refractivity contribution in [1.82, 2.24) is 9.78 Å². The van der Waals surface area contributed by atoms with Gasteiger partial charge in [0.05, 0.1) is 11.7 Å². The fourth-order valence-electron chi connectivity index (χ4n) is 1.92. The zero-order valence-electron chi connectivity index (χ0n) is 10.1. The van der Waals surface area contributed by atoms with Crippen molar-refractivity contribution in [2.45, 2.75) is 25.9 Å². The molecule has 0 aliphatic heterocycles. The Morgan fingerprint density at radius 2 is 2.11 bits per heavy atom. The third kappa shape index (κ3) is 2.41. The van der Waals surface area contributed by atoms with Crippen LogP contribution in [0.5, 0.6) is 0 Å². The predicted octanol–water partition coefficient (Wildman–Crippen LogP) is 2.62. The summed E-state index contributed by atoms with van der Waals surface area (Å²) in [5, 5.41) is 4.13. The van der Waals surface area contributed by atoms with Crippen molar-refractivity contribution in [3.05, 3.63) is 53.4 Å². The highest BCUT2D eigenvalue weighted by Gasteiger charge is 2.18. The molecule has 0 aliphatic carbocycles. The van der Waals surface area contributed by atoms with Gasteiger partial charge in [0, 0.05) is 18.3 Å². The highest BCUT2D eigenvalue weighted by atomic mass is 19.1. The number of nitrogens with two attached hydrogens (primary N) is 1. The second kappa shape index (κ2) is 5.27. The minimum Gasteiger partial charge on any atom is -0.319 e. The van der Waals surface area contributed by atoms with Gasteiger partial charge in [-0.1, -0.05) is 6.92 Å². The molecular formula is C13H15F2N3. The number of aromatic nitrogens is 2. The van der Waals surface area contributed by atoms with Gasteiger partial charge in [0.2, 0.25) is 0 Å². The van der Waals surface area contributed by atoms with E-state index in [-0.39, 0.29) is 5.56 Å². The van der Waals surface area contributed by atoms with Gasteiger partial charge < -0.3 is 5.73 Å². The SMILES string of the molecule is CCCn1nccc1C(N)c1cc(F)ccc1F. The lowest BCUT2D eigenvalue weighted by Gasteiger charge is -2.15. The van der Waals surface area contributed by atoms with Crippen LogP contribution in [0, 0.1) is 11.6 Å². The lowest BCUT2D eigenvalue weighted by Crippen LogP contribution is -2.19. The summed E-state index contributed by atoms with van der Waals surface area (Å²) in [7, 11) is 0. The molecule has 0 spiro atoms. The normalized spacial score (nSPS) is 12.7. The summed E-state index contributed by atoms with van der Waals surface area (Å²) in [5.74, 6) is -1.00. The second-order valence-corrected chi connectivity index (χ2v) is 4.12. The molecule has 2 N–H and O–H groups in total. The molecular weight excluding hydrogens is 236 g/mol. The van der Waals surface area contributed by atoms with Crippen molar-refractivity contribution < 1.29 is 8.78 Å². The minimum atomic E-state index is -0.713. The van der Waals surface area contributed by atoms with Crippen LogP contribution in [0.2, 0.25) is 0 Å². The van der Waals surface area contributed by atoms with E-state index in [1.807, 2.05) is 6.92 Å². The van der Waals surface area contributed by atoms with Crippen molar-refractivity contribution in [2.75, 3.05) is 0 Å². The molecule has 1 atom stereocenters. The molecule has 0 bridgehead atoms. The highest BCUT2D eigenvalue weighted by Crippen LogP contribution is 2.23. The average molecular weight is 251 g/mol. The largest absolute Gasteiger partial charge is 0.319 e. The summed E-state index contributed by atoms with van der Waals surface area (Å²) in [6.07, 6.45) is 2.51. The molecule has 96 valence electrons. The maximum atomic E-state index is 13.7. The number of halogens is 2. The summed E-state index contributed by atoms with van der Waals surface area (Å²) in [6, 6.07) is 4.31. The standard InChI is InChI=1S/C13H15F2N3/c1-2-7-18-12(5-6-17-18)13(16)10-8-9(14)3-4-11(10)15/h3-6,8,13H,2,7,16H2,1H3. The number of benzene rings is 1. The fourth-order valence-corrected chi connectivity index (χ4v) is 1.92. The first-order chi connectivity index (χ1) is 8.63. The summed E-state index contributed by atoms with van der Waals surface area (Å²) >= 11 is 0. The van der Waals surface area contributed by atoms with Crippen molar-refractivity contribution in [1.29, 1.82) is 0 Å². The van der Waals surface area contributed by atoms with E-state index in [1.54, 1.807) is 16.9 Å². The topological polar surface area (TPSA) is 43.8 Å². The van der Waals surface area contributed by atoms with E-state index in [2.05, 4.69) is 5.10 Å². The lowest BCUT2D eigenvalue weighted by molar-refractivity contribution is 0.539. The van der Waals surface area contributed by atoms with Gasteiger partial charge in [0.15, 0.2) is 0 Å². The van der Waals surface area contributed by atoms with E-state index >= 15 is 0 Å². The van der Waals surface area contributed by atoms with Crippen LogP contribution in [0.15, 0.2) is 30.5 Å². The molecule has 18 heavy (non-hydrogen) atoms. The summed E-state index contributed by atoms with van der Waals surface area (Å²) in [5.41, 5.74) is 6.82. The quantitative estimate of drug-likeness (QED) is 0.907. The van der Waals surface area contributed by atoms with E-state index in [0.29, 0.717) is 12.2 Å². The smallest absolute Gasteiger partial charge is 0.128 e. The lowest BCUT2D eigenvalue weighted by atomic mass is 10.0. The Morgan fingerprint density at radius 3 is 2.83 bits per heavy atom. The van der Waals surface area contributed by atoms with Gasteiger partial charge in [-0.05, 0) is 30.7 Å². The molecule has 0 amide bonds. The minimum absolute atomic E-state index is 0.146. The van der Waals surface area contributed by atoms with Gasteiger partial charge in [-0.3, -0.25) is 4.68 Å². The summed E-state index contributed by atoms with van der Waals surface area (Å²) in [4.78, 5) is 0. The fraction of sp³-hybridized carbons (Fsp3) is 0.308. The molecule has 2 rings (SSSR count). The summed E-state index contributed by atoms with van der Waals surface area (Å²) < 4.78 is 28.5. The van der Waals surface area contributed by atoms with Crippen molar-refractivity contribution in [3.8, 4) is 0 Å². The predicted molar refractivity (Wildman–Crippen MR) is 64.9 cm³/mol. The Bertz CT molecular complexity index is 537. The van der Waals surface area contributed by atoms with Gasteiger partial charge in [0.25, 0.3) is 0 Å². The van der Waals surface area contributed by atoms with Crippen molar-refractivity contribution >= 4 is 0 Å². The molecule has 0 aliphatic rings. The van der Waals surface area contributed by atoms with Crippen LogP contribution in [-0.2, 0) is 6.54 Å². The third-order valence-electron chi connectivity index (χ3n) is 2.80. The Balaban J connectivity index is 2.38. The average Bonchev–Trinajstić information content (AvgIpc) is 2.80. The van der Waals surface area contributed by atoms with E-state index in [1.165, 1.54) is 0 Å². The van der Waals surface area contributed by atoms with E-state index in [9.17, 15) is 8.78 Å².